The fourth-order valence-corrected chi connectivity index (χ4v) is 1.89. The number of methoxy groups -OCH3 is 1. The van der Waals surface area contributed by atoms with E-state index in [1.807, 2.05) is 6.92 Å². The fourth-order valence-electron chi connectivity index (χ4n) is 1.89. The monoisotopic (exact) mass is 209 g/mol. The molecule has 15 heavy (non-hydrogen) atoms. The van der Waals surface area contributed by atoms with Crippen molar-refractivity contribution in [3.63, 3.8) is 0 Å². The first-order valence-electron chi connectivity index (χ1n) is 4.79. The molecule has 0 bridgehead atoms. The van der Waals surface area contributed by atoms with Gasteiger partial charge in [0.2, 0.25) is 0 Å². The van der Waals surface area contributed by atoms with E-state index in [0.717, 1.165) is 12.0 Å². The van der Waals surface area contributed by atoms with Crippen molar-refractivity contribution in [2.45, 2.75) is 19.4 Å². The summed E-state index contributed by atoms with van der Waals surface area (Å²) in [5.74, 6) is -0.905. The lowest BCUT2D eigenvalue weighted by Gasteiger charge is -2.08. The van der Waals surface area contributed by atoms with Gasteiger partial charge in [-0.25, -0.2) is 9.18 Å². The van der Waals surface area contributed by atoms with E-state index in [-0.39, 0.29) is 11.6 Å². The molecule has 0 aliphatic carbocycles. The molecule has 0 saturated heterocycles. The van der Waals surface area contributed by atoms with Crippen molar-refractivity contribution >= 4 is 11.7 Å². The molecule has 0 fully saturated rings. The number of halogens is 1. The Kier molecular flexibility index (Phi) is 2.34. The molecule has 2 rings (SSSR count). The van der Waals surface area contributed by atoms with Crippen LogP contribution in [0.5, 0.6) is 0 Å². The van der Waals surface area contributed by atoms with Gasteiger partial charge in [-0.3, -0.25) is 0 Å². The van der Waals surface area contributed by atoms with Gasteiger partial charge in [0.15, 0.2) is 0 Å². The Labute approximate surface area is 87.2 Å². The molecule has 0 spiro atoms. The first-order valence-corrected chi connectivity index (χ1v) is 4.79. The van der Waals surface area contributed by atoms with Gasteiger partial charge in [-0.05, 0) is 31.0 Å². The Hall–Kier alpha value is -1.58. The number of anilines is 1. The first-order chi connectivity index (χ1) is 7.11. The van der Waals surface area contributed by atoms with Crippen LogP contribution in [0, 0.1) is 5.82 Å². The molecule has 4 heteroatoms. The van der Waals surface area contributed by atoms with Crippen LogP contribution in [0.25, 0.3) is 0 Å². The Morgan fingerprint density at radius 3 is 3.00 bits per heavy atom. The van der Waals surface area contributed by atoms with Gasteiger partial charge in [-0.15, -0.1) is 0 Å². The molecule has 80 valence electrons. The molecule has 3 nitrogen and oxygen atoms in total. The zero-order valence-electron chi connectivity index (χ0n) is 8.63. The quantitative estimate of drug-likeness (QED) is 0.718. The van der Waals surface area contributed by atoms with Gasteiger partial charge in [0, 0.05) is 6.04 Å². The summed E-state index contributed by atoms with van der Waals surface area (Å²) in [6.07, 6.45) is 0.733. The summed E-state index contributed by atoms with van der Waals surface area (Å²) in [7, 11) is 1.29. The normalized spacial score (nSPS) is 18.2. The van der Waals surface area contributed by atoms with Gasteiger partial charge in [-0.2, -0.15) is 0 Å². The Morgan fingerprint density at radius 2 is 2.33 bits per heavy atom. The number of hydrogen-bond acceptors (Lipinski definition) is 3. The summed E-state index contributed by atoms with van der Waals surface area (Å²) in [6.45, 7) is 1.99. The maximum Gasteiger partial charge on any atom is 0.340 e. The van der Waals surface area contributed by atoms with Crippen LogP contribution in [0.4, 0.5) is 10.1 Å². The van der Waals surface area contributed by atoms with Crippen molar-refractivity contribution < 1.29 is 13.9 Å². The number of carbonyl (C=O) groups is 1. The van der Waals surface area contributed by atoms with E-state index in [1.54, 1.807) is 0 Å². The van der Waals surface area contributed by atoms with Crippen molar-refractivity contribution in [2.75, 3.05) is 12.4 Å². The van der Waals surface area contributed by atoms with Crippen LogP contribution in [0.1, 0.15) is 22.8 Å². The van der Waals surface area contributed by atoms with E-state index in [9.17, 15) is 9.18 Å². The topological polar surface area (TPSA) is 38.3 Å². The average Bonchev–Trinajstić information content (AvgIpc) is 2.55. The second-order valence-electron chi connectivity index (χ2n) is 3.73. The summed E-state index contributed by atoms with van der Waals surface area (Å²) in [5.41, 5.74) is 1.82. The van der Waals surface area contributed by atoms with E-state index < -0.39 is 11.8 Å². The van der Waals surface area contributed by atoms with Crippen molar-refractivity contribution in [1.29, 1.82) is 0 Å². The average molecular weight is 209 g/mol. The molecule has 1 atom stereocenters. The predicted octanol–water partition coefficient (Wildman–Crippen LogP) is 1.97. The SMILES string of the molecule is COC(=O)c1cc(F)cc2c1NC(C)C2. The molecular weight excluding hydrogens is 197 g/mol. The molecule has 0 amide bonds. The highest BCUT2D eigenvalue weighted by Gasteiger charge is 2.24. The summed E-state index contributed by atoms with van der Waals surface area (Å²) >= 11 is 0. The van der Waals surface area contributed by atoms with Gasteiger partial charge < -0.3 is 10.1 Å². The lowest BCUT2D eigenvalue weighted by Crippen LogP contribution is -2.11. The first kappa shape index (κ1) is 9.96. The minimum absolute atomic E-state index is 0.227. The van der Waals surface area contributed by atoms with Crippen molar-refractivity contribution in [1.82, 2.24) is 0 Å². The van der Waals surface area contributed by atoms with Crippen LogP contribution < -0.4 is 5.32 Å². The van der Waals surface area contributed by atoms with Crippen LogP contribution in [-0.2, 0) is 11.2 Å². The van der Waals surface area contributed by atoms with E-state index in [4.69, 9.17) is 0 Å². The van der Waals surface area contributed by atoms with Crippen LogP contribution in [-0.4, -0.2) is 19.1 Å². The minimum atomic E-state index is -0.507. The lowest BCUT2D eigenvalue weighted by atomic mass is 10.1. The molecule has 1 aliphatic heterocycles. The second kappa shape index (κ2) is 3.53. The van der Waals surface area contributed by atoms with Crippen molar-refractivity contribution in [3.8, 4) is 0 Å². The van der Waals surface area contributed by atoms with Crippen LogP contribution in [0.3, 0.4) is 0 Å². The fraction of sp³-hybridized carbons (Fsp3) is 0.364. The molecule has 1 aromatic carbocycles. The third kappa shape index (κ3) is 1.67. The smallest absolute Gasteiger partial charge is 0.340 e. The number of nitrogens with one attached hydrogen (secondary N) is 1. The summed E-state index contributed by atoms with van der Waals surface area (Å²) < 4.78 is 17.8. The molecular formula is C11H12FNO2. The highest BCUT2D eigenvalue weighted by Crippen LogP contribution is 2.30. The molecule has 0 radical (unpaired) electrons. The molecule has 0 saturated carbocycles. The van der Waals surface area contributed by atoms with Crippen LogP contribution >= 0.6 is 0 Å². The standard InChI is InChI=1S/C11H12FNO2/c1-6-3-7-4-8(12)5-9(10(7)13-6)11(14)15-2/h4-6,13H,3H2,1-2H3. The van der Waals surface area contributed by atoms with Gasteiger partial charge in [0.05, 0.1) is 18.4 Å². The van der Waals surface area contributed by atoms with Gasteiger partial charge in [-0.1, -0.05) is 0 Å². The van der Waals surface area contributed by atoms with E-state index in [1.165, 1.54) is 19.2 Å². The summed E-state index contributed by atoms with van der Waals surface area (Å²) in [5, 5.41) is 3.14. The number of esters is 1. The molecule has 0 aromatic heterocycles. The number of ether oxygens (including phenoxy) is 1. The molecule has 1 aliphatic rings. The summed E-state index contributed by atoms with van der Waals surface area (Å²) in [4.78, 5) is 11.4. The molecule has 1 heterocycles. The number of fused-ring (bicyclic) bond motifs is 1. The number of carbonyl (C=O) groups excluding carboxylic acids is 1. The number of benzene rings is 1. The maximum absolute atomic E-state index is 13.2. The number of hydrogen-bond donors (Lipinski definition) is 1. The van der Waals surface area contributed by atoms with Crippen molar-refractivity contribution in [3.05, 3.63) is 29.1 Å². The van der Waals surface area contributed by atoms with E-state index in [2.05, 4.69) is 10.1 Å². The second-order valence-corrected chi connectivity index (χ2v) is 3.73. The predicted molar refractivity (Wildman–Crippen MR) is 54.5 cm³/mol. The zero-order chi connectivity index (χ0) is 11.0. The van der Waals surface area contributed by atoms with Crippen LogP contribution in [0.2, 0.25) is 0 Å². The molecule has 1 unspecified atom stereocenters. The van der Waals surface area contributed by atoms with Gasteiger partial charge in [0.1, 0.15) is 5.82 Å². The van der Waals surface area contributed by atoms with Gasteiger partial charge >= 0.3 is 5.97 Å². The largest absolute Gasteiger partial charge is 0.465 e. The van der Waals surface area contributed by atoms with Crippen molar-refractivity contribution in [2.24, 2.45) is 0 Å². The summed E-state index contributed by atoms with van der Waals surface area (Å²) in [6, 6.07) is 2.89. The van der Waals surface area contributed by atoms with E-state index >= 15 is 0 Å². The third-order valence-electron chi connectivity index (χ3n) is 2.51. The number of rotatable bonds is 1. The third-order valence-corrected chi connectivity index (χ3v) is 2.51. The Morgan fingerprint density at radius 1 is 1.60 bits per heavy atom. The zero-order valence-corrected chi connectivity index (χ0v) is 8.63. The molecule has 1 N–H and O–H groups in total. The minimum Gasteiger partial charge on any atom is -0.465 e. The highest BCUT2D eigenvalue weighted by atomic mass is 19.1. The Bertz CT molecular complexity index is 417. The lowest BCUT2D eigenvalue weighted by molar-refractivity contribution is 0.0601. The van der Waals surface area contributed by atoms with Crippen LogP contribution in [0.15, 0.2) is 12.1 Å². The maximum atomic E-state index is 13.2. The highest BCUT2D eigenvalue weighted by molar-refractivity contribution is 5.97. The molecule has 1 aromatic rings. The van der Waals surface area contributed by atoms with Gasteiger partial charge in [0.25, 0.3) is 0 Å². The van der Waals surface area contributed by atoms with E-state index in [0.29, 0.717) is 5.69 Å². The Balaban J connectivity index is 2.52.